The number of imide groups is 1. The van der Waals surface area contributed by atoms with Crippen LogP contribution in [0.25, 0.3) is 0 Å². The average molecular weight is 382 g/mol. The van der Waals surface area contributed by atoms with Crippen LogP contribution < -0.4 is 11.5 Å². The summed E-state index contributed by atoms with van der Waals surface area (Å²) in [5, 5.41) is 0. The number of ether oxygens (including phenoxy) is 2. The van der Waals surface area contributed by atoms with Gasteiger partial charge in [-0.25, -0.2) is 14.4 Å². The summed E-state index contributed by atoms with van der Waals surface area (Å²) in [5.41, 5.74) is 10.2. The molecule has 27 heavy (non-hydrogen) atoms. The van der Waals surface area contributed by atoms with Crippen molar-refractivity contribution in [2.24, 2.45) is 11.5 Å². The fourth-order valence-corrected chi connectivity index (χ4v) is 2.42. The lowest BCUT2D eigenvalue weighted by atomic mass is 10.0. The molecule has 1 aliphatic heterocycles. The lowest BCUT2D eigenvalue weighted by molar-refractivity contribution is -0.140. The summed E-state index contributed by atoms with van der Waals surface area (Å²) in [6.45, 7) is 5.96. The number of urea groups is 1. The second kappa shape index (κ2) is 9.06. The molecule has 3 amide bonds. The van der Waals surface area contributed by atoms with Crippen LogP contribution in [0.1, 0.15) is 27.7 Å². The Hall–Kier alpha value is -3.04. The molecule has 10 heteroatoms. The third-order valence-electron chi connectivity index (χ3n) is 3.71. The molecule has 1 fully saturated rings. The predicted molar refractivity (Wildman–Crippen MR) is 95.7 cm³/mol. The maximum atomic E-state index is 12.5. The molecule has 1 saturated heterocycles. The number of amides is 3. The number of carbonyl (C=O) groups excluding carboxylic acids is 4. The average Bonchev–Trinajstić information content (AvgIpc) is 2.67. The predicted octanol–water partition coefficient (Wildman–Crippen LogP) is -0.159. The van der Waals surface area contributed by atoms with Gasteiger partial charge in [-0.3, -0.25) is 9.69 Å². The smallest absolute Gasteiger partial charge is 0.332 e. The van der Waals surface area contributed by atoms with E-state index in [-0.39, 0.29) is 32.0 Å². The topological polar surface area (TPSA) is 145 Å². The highest BCUT2D eigenvalue weighted by molar-refractivity contribution is 6.06. The van der Waals surface area contributed by atoms with Crippen molar-refractivity contribution in [2.75, 3.05) is 26.3 Å². The third-order valence-corrected chi connectivity index (χ3v) is 3.71. The van der Waals surface area contributed by atoms with Gasteiger partial charge in [-0.1, -0.05) is 0 Å². The largest absolute Gasteiger partial charge is 0.461 e. The summed E-state index contributed by atoms with van der Waals surface area (Å²) < 4.78 is 9.89. The maximum Gasteiger partial charge on any atom is 0.332 e. The number of nitrogens with zero attached hydrogens (tertiary/aromatic N) is 2. The molecule has 0 unspecified atom stereocenters. The number of rotatable bonds is 8. The van der Waals surface area contributed by atoms with E-state index >= 15 is 0 Å². The summed E-state index contributed by atoms with van der Waals surface area (Å²) in [7, 11) is 0. The number of allylic oxidation sites excluding steroid dienone is 2. The van der Waals surface area contributed by atoms with Crippen molar-refractivity contribution in [3.8, 4) is 0 Å². The van der Waals surface area contributed by atoms with Crippen LogP contribution in [0.3, 0.4) is 0 Å². The minimum atomic E-state index is -1.11. The van der Waals surface area contributed by atoms with Crippen LogP contribution in [0.15, 0.2) is 23.5 Å². The highest BCUT2D eigenvalue weighted by Crippen LogP contribution is 2.27. The molecule has 0 atom stereocenters. The lowest BCUT2D eigenvalue weighted by Crippen LogP contribution is -2.45. The van der Waals surface area contributed by atoms with Crippen molar-refractivity contribution >= 4 is 23.9 Å². The van der Waals surface area contributed by atoms with Gasteiger partial charge in [-0.15, -0.1) is 0 Å². The molecule has 1 rings (SSSR count). The molecular formula is C17H26N4O6. The van der Waals surface area contributed by atoms with E-state index in [9.17, 15) is 19.2 Å². The van der Waals surface area contributed by atoms with Crippen LogP contribution in [0.2, 0.25) is 0 Å². The third kappa shape index (κ3) is 6.01. The Kier molecular flexibility index (Phi) is 7.38. The van der Waals surface area contributed by atoms with Crippen molar-refractivity contribution in [3.63, 3.8) is 0 Å². The summed E-state index contributed by atoms with van der Waals surface area (Å²) in [4.78, 5) is 50.2. The van der Waals surface area contributed by atoms with Gasteiger partial charge >= 0.3 is 18.0 Å². The molecule has 10 nitrogen and oxygen atoms in total. The first kappa shape index (κ1) is 22.0. The van der Waals surface area contributed by atoms with Crippen molar-refractivity contribution in [2.45, 2.75) is 33.2 Å². The van der Waals surface area contributed by atoms with E-state index in [1.807, 2.05) is 0 Å². The summed E-state index contributed by atoms with van der Waals surface area (Å²) in [5.74, 6) is -1.71. The van der Waals surface area contributed by atoms with E-state index in [1.165, 1.54) is 11.8 Å². The zero-order valence-corrected chi connectivity index (χ0v) is 16.0. The molecule has 0 bridgehead atoms. The Labute approximate surface area is 157 Å². The van der Waals surface area contributed by atoms with E-state index in [0.29, 0.717) is 5.70 Å². The quantitative estimate of drug-likeness (QED) is 0.335. The molecule has 0 aromatic heterocycles. The van der Waals surface area contributed by atoms with Crippen molar-refractivity contribution in [3.05, 3.63) is 23.5 Å². The van der Waals surface area contributed by atoms with Crippen LogP contribution in [0.5, 0.6) is 0 Å². The molecule has 0 spiro atoms. The Morgan fingerprint density at radius 3 is 1.85 bits per heavy atom. The van der Waals surface area contributed by atoms with E-state index in [1.54, 1.807) is 20.8 Å². The van der Waals surface area contributed by atoms with Crippen molar-refractivity contribution in [1.82, 2.24) is 9.80 Å². The van der Waals surface area contributed by atoms with E-state index in [2.05, 4.69) is 0 Å². The summed E-state index contributed by atoms with van der Waals surface area (Å²) in [6.07, 6.45) is 2.23. The SMILES string of the molecule is C/C(N)=C/C(=O)OCCN1C(=O)N(CCOC(=O)/C=C(/C)N)C(C)(C)C1=O. The Balaban J connectivity index is 2.64. The van der Waals surface area contributed by atoms with Gasteiger partial charge in [-0.2, -0.15) is 0 Å². The molecule has 0 aromatic carbocycles. The molecule has 4 N–H and O–H groups in total. The molecule has 1 heterocycles. The zero-order valence-electron chi connectivity index (χ0n) is 16.0. The van der Waals surface area contributed by atoms with E-state index in [0.717, 1.165) is 17.1 Å². The molecule has 0 aromatic rings. The number of carbonyl (C=O) groups is 4. The van der Waals surface area contributed by atoms with Crippen LogP contribution in [0, 0.1) is 0 Å². The van der Waals surface area contributed by atoms with Crippen molar-refractivity contribution < 1.29 is 28.7 Å². The van der Waals surface area contributed by atoms with Crippen LogP contribution in [-0.4, -0.2) is 65.5 Å². The molecule has 0 radical (unpaired) electrons. The van der Waals surface area contributed by atoms with Gasteiger partial charge < -0.3 is 25.8 Å². The minimum Gasteiger partial charge on any atom is -0.461 e. The normalized spacial score (nSPS) is 17.3. The Morgan fingerprint density at radius 2 is 1.41 bits per heavy atom. The first-order valence-corrected chi connectivity index (χ1v) is 8.31. The van der Waals surface area contributed by atoms with Crippen LogP contribution in [-0.2, 0) is 23.9 Å². The highest BCUT2D eigenvalue weighted by atomic mass is 16.5. The van der Waals surface area contributed by atoms with E-state index in [4.69, 9.17) is 20.9 Å². The van der Waals surface area contributed by atoms with Gasteiger partial charge in [0.2, 0.25) is 0 Å². The molecule has 0 aliphatic carbocycles. The number of esters is 2. The van der Waals surface area contributed by atoms with Gasteiger partial charge in [0.05, 0.1) is 13.1 Å². The first-order valence-electron chi connectivity index (χ1n) is 8.31. The standard InChI is InChI=1S/C17H26N4O6/c1-11(18)9-13(22)26-7-5-20-15(24)17(3,4)21(16(20)25)6-8-27-14(23)10-12(2)19/h9-10H,5-8,18-19H2,1-4H3/b11-9-,12-10-. The minimum absolute atomic E-state index is 0.0339. The second-order valence-corrected chi connectivity index (χ2v) is 6.56. The number of nitrogens with two attached hydrogens (primary N) is 2. The lowest BCUT2D eigenvalue weighted by Gasteiger charge is -2.27. The zero-order chi connectivity index (χ0) is 20.8. The number of hydrogen-bond acceptors (Lipinski definition) is 8. The summed E-state index contributed by atoms with van der Waals surface area (Å²) in [6, 6.07) is -0.548. The van der Waals surface area contributed by atoms with Gasteiger partial charge in [0.1, 0.15) is 18.8 Å². The highest BCUT2D eigenvalue weighted by Gasteiger charge is 2.50. The second-order valence-electron chi connectivity index (χ2n) is 6.56. The van der Waals surface area contributed by atoms with Crippen LogP contribution in [0.4, 0.5) is 4.79 Å². The van der Waals surface area contributed by atoms with Crippen molar-refractivity contribution in [1.29, 1.82) is 0 Å². The van der Waals surface area contributed by atoms with Gasteiger partial charge in [0, 0.05) is 23.5 Å². The van der Waals surface area contributed by atoms with Gasteiger partial charge in [-0.05, 0) is 27.7 Å². The maximum absolute atomic E-state index is 12.5. The van der Waals surface area contributed by atoms with Gasteiger partial charge in [0.25, 0.3) is 5.91 Å². The molecular weight excluding hydrogens is 356 g/mol. The Bertz CT molecular complexity index is 675. The fraction of sp³-hybridized carbons (Fsp3) is 0.529. The van der Waals surface area contributed by atoms with E-state index < -0.39 is 29.4 Å². The van der Waals surface area contributed by atoms with Crippen LogP contribution >= 0.6 is 0 Å². The molecule has 1 aliphatic rings. The first-order chi connectivity index (χ1) is 12.5. The number of hydrogen-bond donors (Lipinski definition) is 2. The molecule has 150 valence electrons. The van der Waals surface area contributed by atoms with Gasteiger partial charge in [0.15, 0.2) is 0 Å². The summed E-state index contributed by atoms with van der Waals surface area (Å²) >= 11 is 0. The monoisotopic (exact) mass is 382 g/mol. The molecule has 0 saturated carbocycles. The fourth-order valence-electron chi connectivity index (χ4n) is 2.42. The Morgan fingerprint density at radius 1 is 0.963 bits per heavy atom.